The van der Waals surface area contributed by atoms with Gasteiger partial charge in [0.2, 0.25) is 0 Å². The summed E-state index contributed by atoms with van der Waals surface area (Å²) < 4.78 is 4.88. The van der Waals surface area contributed by atoms with Crippen LogP contribution < -0.4 is 0 Å². The van der Waals surface area contributed by atoms with Crippen LogP contribution in [0.2, 0.25) is 19.8 Å². The van der Waals surface area contributed by atoms with Crippen molar-refractivity contribution in [3.05, 3.63) is 0 Å². The normalized spacial score (nSPS) is 10.9. The first-order valence-electron chi connectivity index (χ1n) is 6.93. The summed E-state index contributed by atoms with van der Waals surface area (Å²) in [6.45, 7) is 5.00. The van der Waals surface area contributed by atoms with E-state index in [1.165, 1.54) is 12.8 Å². The monoisotopic (exact) mass is 384 g/mol. The van der Waals surface area contributed by atoms with Gasteiger partial charge in [0.1, 0.15) is 0 Å². The van der Waals surface area contributed by atoms with Crippen LogP contribution in [0.3, 0.4) is 0 Å². The number of rotatable bonds is 7. The molecule has 0 saturated carbocycles. The average molecular weight is 383 g/mol. The van der Waals surface area contributed by atoms with Gasteiger partial charge in [0.05, 0.1) is 12.4 Å². The van der Waals surface area contributed by atoms with Crippen molar-refractivity contribution in [2.24, 2.45) is 5.92 Å². The fourth-order valence-corrected chi connectivity index (χ4v) is 1.15. The molecule has 0 spiro atoms. The summed E-state index contributed by atoms with van der Waals surface area (Å²) >= 11 is 2.63. The molecule has 0 aliphatic carbocycles. The molecular weight excluding hydrogens is 351 g/mol. The molecule has 0 rings (SSSR count). The van der Waals surface area contributed by atoms with Crippen LogP contribution in [0, 0.1) is 5.92 Å². The molecular formula is C14H32O2SSn. The second-order valence-corrected chi connectivity index (χ2v) is 24.1. The van der Waals surface area contributed by atoms with Crippen molar-refractivity contribution < 1.29 is 9.53 Å². The molecule has 0 aliphatic rings. The number of thiol groups is 1. The second-order valence-electron chi connectivity index (χ2n) is 6.62. The molecule has 0 aromatic heterocycles. The van der Waals surface area contributed by atoms with E-state index in [4.69, 9.17) is 4.74 Å². The minimum atomic E-state index is -1.18. The zero-order chi connectivity index (χ0) is 14.6. The van der Waals surface area contributed by atoms with Crippen LogP contribution in [0.25, 0.3) is 0 Å². The third-order valence-corrected chi connectivity index (χ3v) is 2.08. The first-order chi connectivity index (χ1) is 8.16. The summed E-state index contributed by atoms with van der Waals surface area (Å²) in [5.74, 6) is 0.749. The van der Waals surface area contributed by atoms with Crippen molar-refractivity contribution in [3.8, 4) is 0 Å². The summed E-state index contributed by atoms with van der Waals surface area (Å²) in [5, 5.41) is 0. The molecule has 0 N–H and O–H groups in total. The second kappa shape index (κ2) is 12.6. The maximum atomic E-state index is 10.7. The van der Waals surface area contributed by atoms with Crippen LogP contribution in [0.5, 0.6) is 0 Å². The first kappa shape index (κ1) is 20.9. The number of unbranched alkanes of at least 4 members (excludes halogenated alkanes) is 2. The molecule has 0 saturated heterocycles. The number of ether oxygens (including phenoxy) is 1. The fraction of sp³-hybridized carbons (Fsp3) is 0.929. The van der Waals surface area contributed by atoms with E-state index >= 15 is 0 Å². The molecule has 0 amide bonds. The summed E-state index contributed by atoms with van der Waals surface area (Å²) in [4.78, 5) is 20.2. The minimum absolute atomic E-state index is 0.187. The van der Waals surface area contributed by atoms with Crippen molar-refractivity contribution in [3.63, 3.8) is 0 Å². The Balaban J connectivity index is 0. The van der Waals surface area contributed by atoms with Crippen molar-refractivity contribution in [1.82, 2.24) is 0 Å². The first-order valence-corrected chi connectivity index (χ1v) is 19.0. The van der Waals surface area contributed by atoms with Gasteiger partial charge in [0.25, 0.3) is 0 Å². The van der Waals surface area contributed by atoms with E-state index in [9.17, 15) is 4.79 Å². The fourth-order valence-electron chi connectivity index (χ4n) is 1.06. The van der Waals surface area contributed by atoms with Gasteiger partial charge in [-0.1, -0.05) is 33.1 Å². The number of hydrogen-bond acceptors (Lipinski definition) is 3. The van der Waals surface area contributed by atoms with E-state index in [1.54, 1.807) is 0 Å². The Morgan fingerprint density at radius 2 is 1.61 bits per heavy atom. The van der Waals surface area contributed by atoms with Crippen LogP contribution in [-0.2, 0) is 9.53 Å². The van der Waals surface area contributed by atoms with Crippen LogP contribution in [0.15, 0.2) is 0 Å². The maximum absolute atomic E-state index is 10.7. The average Bonchev–Trinajstić information content (AvgIpc) is 2.20. The molecule has 2 nitrogen and oxygen atoms in total. The van der Waals surface area contributed by atoms with Crippen LogP contribution in [0.4, 0.5) is 0 Å². The van der Waals surface area contributed by atoms with E-state index in [-0.39, 0.29) is 11.7 Å². The van der Waals surface area contributed by atoms with Crippen LogP contribution in [-0.4, -0.2) is 36.7 Å². The quantitative estimate of drug-likeness (QED) is 0.300. The van der Waals surface area contributed by atoms with Gasteiger partial charge in [-0.15, -0.1) is 0 Å². The van der Waals surface area contributed by atoms with Gasteiger partial charge in [-0.2, -0.15) is 12.6 Å². The van der Waals surface area contributed by atoms with Gasteiger partial charge in [0, 0.05) is 0 Å². The van der Waals surface area contributed by atoms with Gasteiger partial charge in [0.15, 0.2) is 0 Å². The Labute approximate surface area is 124 Å². The van der Waals surface area contributed by atoms with Crippen LogP contribution in [0.1, 0.15) is 39.5 Å². The third-order valence-electron chi connectivity index (χ3n) is 1.82. The molecule has 110 valence electrons. The van der Waals surface area contributed by atoms with Gasteiger partial charge in [-0.3, -0.25) is 4.79 Å². The molecule has 0 aromatic carbocycles. The molecule has 0 unspecified atom stereocenters. The van der Waals surface area contributed by atoms with Crippen molar-refractivity contribution in [2.75, 3.05) is 12.4 Å². The molecule has 0 heterocycles. The van der Waals surface area contributed by atoms with Crippen LogP contribution >= 0.6 is 12.6 Å². The van der Waals surface area contributed by atoms with Gasteiger partial charge in [-0.05, 0) is 12.3 Å². The number of carbonyl (C=O) groups is 1. The Kier molecular flexibility index (Phi) is 14.7. The number of esters is 1. The zero-order valence-electron chi connectivity index (χ0n) is 13.1. The van der Waals surface area contributed by atoms with Crippen molar-refractivity contribution in [2.45, 2.75) is 59.3 Å². The van der Waals surface area contributed by atoms with Gasteiger partial charge >= 0.3 is 44.1 Å². The van der Waals surface area contributed by atoms with E-state index in [0.29, 0.717) is 6.61 Å². The molecule has 0 radical (unpaired) electrons. The molecule has 0 bridgehead atoms. The predicted molar refractivity (Wildman–Crippen MR) is 87.3 cm³/mol. The summed E-state index contributed by atoms with van der Waals surface area (Å²) in [6, 6.07) is 0. The Bertz CT molecular complexity index is 194. The third kappa shape index (κ3) is 30.0. The Morgan fingerprint density at radius 3 is 2.00 bits per heavy atom. The summed E-state index contributed by atoms with van der Waals surface area (Å²) in [6.07, 6.45) is 4.63. The summed E-state index contributed by atoms with van der Waals surface area (Å²) in [5.41, 5.74) is 0. The van der Waals surface area contributed by atoms with E-state index in [1.807, 2.05) is 0 Å². The standard InChI is InChI=1S/C10H20O2S.4CH3.Sn/c1-9(2)6-4-3-5-7-12-10(11)8-13;;;;;/h9,13H,3-8H2,1-2H3;4*1H3;. The zero-order valence-corrected chi connectivity index (χ0v) is 16.8. The van der Waals surface area contributed by atoms with E-state index in [0.717, 1.165) is 18.8 Å². The molecule has 0 atom stereocenters. The Morgan fingerprint density at radius 1 is 1.11 bits per heavy atom. The predicted octanol–water partition coefficient (Wildman–Crippen LogP) is 4.63. The van der Waals surface area contributed by atoms with Crippen molar-refractivity contribution >= 4 is 37.0 Å². The molecule has 0 aromatic rings. The molecule has 0 aliphatic heterocycles. The number of carbonyl (C=O) groups excluding carboxylic acids is 1. The van der Waals surface area contributed by atoms with E-state index < -0.39 is 18.4 Å². The van der Waals surface area contributed by atoms with Gasteiger partial charge in [-0.25, -0.2) is 0 Å². The Hall–Kier alpha value is 0.619. The topological polar surface area (TPSA) is 26.3 Å². The number of hydrogen-bond donors (Lipinski definition) is 1. The molecule has 18 heavy (non-hydrogen) atoms. The molecule has 0 fully saturated rings. The molecule has 4 heteroatoms. The van der Waals surface area contributed by atoms with Crippen molar-refractivity contribution in [1.29, 1.82) is 0 Å². The summed E-state index contributed by atoms with van der Waals surface area (Å²) in [7, 11) is 0. The van der Waals surface area contributed by atoms with E-state index in [2.05, 4.69) is 46.2 Å². The van der Waals surface area contributed by atoms with Gasteiger partial charge < -0.3 is 4.74 Å². The SMILES string of the molecule is CC(C)CCCCCOC(=O)CS.[CH3][Sn]([CH3])([CH3])[CH3].